The van der Waals surface area contributed by atoms with Gasteiger partial charge in [-0.1, -0.05) is 40.2 Å². The molecule has 0 radical (unpaired) electrons. The molecule has 170 valence electrons. The molecule has 8 heteroatoms. The summed E-state index contributed by atoms with van der Waals surface area (Å²) in [6, 6.07) is 3.92. The highest BCUT2D eigenvalue weighted by atomic mass is 16.6. The van der Waals surface area contributed by atoms with E-state index in [2.05, 4.69) is 13.8 Å². The summed E-state index contributed by atoms with van der Waals surface area (Å²) in [6.45, 7) is 9.40. The topological polar surface area (TPSA) is 145 Å². The standard InChI is InChI=1S/C17H20O8.C3H8.C2H6/c1-9(18)17(24)7-13(21)16(23)14(8-17)25-15(22)5-3-10-2-4-11(19)12(20)6-10;1-3-2;1-2/h2-6,13-14,16,19-21,23-24H,7-8H2,1H3;3H2,1-2H3;1-2H3/b5-3+;;/t13-,14-,16-,17+;;/m1../s1. The van der Waals surface area contributed by atoms with Crippen LogP contribution in [0.25, 0.3) is 6.08 Å². The molecule has 8 nitrogen and oxygen atoms in total. The first-order chi connectivity index (χ1) is 14.0. The number of Topliss-reactive ketones (excluding diaryl/α,β-unsaturated/α-hetero) is 1. The number of ketones is 1. The SMILES string of the molecule is CC.CC(=O)[C@]1(O)C[C@@H](O)[C@@H](O)[C@H](OC(=O)/C=C/c2ccc(O)c(O)c2)C1.CCC. The third-order valence-corrected chi connectivity index (χ3v) is 4.20. The van der Waals surface area contributed by atoms with Crippen molar-refractivity contribution in [2.75, 3.05) is 0 Å². The second-order valence-corrected chi connectivity index (χ2v) is 6.82. The van der Waals surface area contributed by atoms with Crippen molar-refractivity contribution in [1.82, 2.24) is 0 Å². The van der Waals surface area contributed by atoms with Gasteiger partial charge in [0.1, 0.15) is 17.8 Å². The molecule has 0 amide bonds. The Morgan fingerprint density at radius 1 is 1.13 bits per heavy atom. The molecule has 30 heavy (non-hydrogen) atoms. The number of ether oxygens (including phenoxy) is 1. The Labute approximate surface area is 177 Å². The molecule has 4 atom stereocenters. The lowest BCUT2D eigenvalue weighted by molar-refractivity contribution is -0.185. The van der Waals surface area contributed by atoms with E-state index in [1.165, 1.54) is 30.7 Å². The first kappa shape index (κ1) is 27.6. The molecule has 0 unspecified atom stereocenters. The monoisotopic (exact) mass is 426 g/mol. The number of esters is 1. The highest BCUT2D eigenvalue weighted by Crippen LogP contribution is 2.32. The van der Waals surface area contributed by atoms with Crippen molar-refractivity contribution >= 4 is 17.8 Å². The van der Waals surface area contributed by atoms with Gasteiger partial charge >= 0.3 is 5.97 Å². The molecule has 0 saturated heterocycles. The van der Waals surface area contributed by atoms with Crippen molar-refractivity contribution in [3.8, 4) is 11.5 Å². The number of phenolic OH excluding ortho intramolecular Hbond substituents is 2. The second-order valence-electron chi connectivity index (χ2n) is 6.82. The average molecular weight is 427 g/mol. The molecular weight excluding hydrogens is 392 g/mol. The number of phenols is 2. The number of aliphatic hydroxyl groups is 3. The number of carbonyl (C=O) groups excluding carboxylic acids is 2. The number of hydrogen-bond acceptors (Lipinski definition) is 8. The summed E-state index contributed by atoms with van der Waals surface area (Å²) in [7, 11) is 0. The van der Waals surface area contributed by atoms with Crippen molar-refractivity contribution < 1.29 is 39.9 Å². The van der Waals surface area contributed by atoms with Gasteiger partial charge in [-0.25, -0.2) is 4.79 Å². The number of aliphatic hydroxyl groups excluding tert-OH is 2. The lowest BCUT2D eigenvalue weighted by atomic mass is 9.77. The van der Waals surface area contributed by atoms with Crippen LogP contribution in [0, 0.1) is 0 Å². The minimum atomic E-state index is -1.87. The zero-order valence-electron chi connectivity index (χ0n) is 18.2. The summed E-state index contributed by atoms with van der Waals surface area (Å²) < 4.78 is 5.04. The predicted octanol–water partition coefficient (Wildman–Crippen LogP) is 2.30. The third kappa shape index (κ3) is 8.14. The summed E-state index contributed by atoms with van der Waals surface area (Å²) in [5, 5.41) is 48.5. The molecule has 0 spiro atoms. The number of carbonyl (C=O) groups is 2. The van der Waals surface area contributed by atoms with Crippen molar-refractivity contribution in [3.63, 3.8) is 0 Å². The molecule has 1 aromatic rings. The predicted molar refractivity (Wildman–Crippen MR) is 113 cm³/mol. The van der Waals surface area contributed by atoms with Crippen molar-refractivity contribution in [3.05, 3.63) is 29.8 Å². The van der Waals surface area contributed by atoms with E-state index in [0.29, 0.717) is 5.56 Å². The summed E-state index contributed by atoms with van der Waals surface area (Å²) >= 11 is 0. The van der Waals surface area contributed by atoms with Crippen molar-refractivity contribution in [1.29, 1.82) is 0 Å². The van der Waals surface area contributed by atoms with Crippen LogP contribution in [0.5, 0.6) is 11.5 Å². The van der Waals surface area contributed by atoms with Crippen LogP contribution in [-0.4, -0.2) is 61.2 Å². The first-order valence-corrected chi connectivity index (χ1v) is 10.0. The molecule has 0 aromatic heterocycles. The molecular formula is C22H34O8. The third-order valence-electron chi connectivity index (χ3n) is 4.20. The van der Waals surface area contributed by atoms with Crippen LogP contribution < -0.4 is 0 Å². The van der Waals surface area contributed by atoms with E-state index in [1.54, 1.807) is 0 Å². The van der Waals surface area contributed by atoms with E-state index in [1.807, 2.05) is 13.8 Å². The van der Waals surface area contributed by atoms with Crippen LogP contribution in [0.15, 0.2) is 24.3 Å². The van der Waals surface area contributed by atoms with Crippen LogP contribution in [0.2, 0.25) is 0 Å². The quantitative estimate of drug-likeness (QED) is 0.280. The minimum Gasteiger partial charge on any atom is -0.504 e. The molecule has 0 heterocycles. The van der Waals surface area contributed by atoms with Gasteiger partial charge in [0.25, 0.3) is 0 Å². The lowest BCUT2D eigenvalue weighted by Crippen LogP contribution is -2.56. The molecule has 1 fully saturated rings. The minimum absolute atomic E-state index is 0.303. The molecule has 1 aliphatic rings. The summed E-state index contributed by atoms with van der Waals surface area (Å²) in [5.41, 5.74) is -1.45. The van der Waals surface area contributed by atoms with Gasteiger partial charge in [0.05, 0.1) is 6.10 Å². The second kappa shape index (κ2) is 13.0. The molecule has 0 bridgehead atoms. The van der Waals surface area contributed by atoms with Crippen LogP contribution in [0.1, 0.15) is 59.4 Å². The van der Waals surface area contributed by atoms with Crippen LogP contribution in [0.3, 0.4) is 0 Å². The Morgan fingerprint density at radius 3 is 2.20 bits per heavy atom. The number of rotatable bonds is 4. The fourth-order valence-electron chi connectivity index (χ4n) is 2.65. The van der Waals surface area contributed by atoms with Gasteiger partial charge in [-0.3, -0.25) is 4.79 Å². The maximum atomic E-state index is 11.9. The Morgan fingerprint density at radius 2 is 1.70 bits per heavy atom. The molecule has 2 rings (SSSR count). The van der Waals surface area contributed by atoms with E-state index in [-0.39, 0.29) is 24.3 Å². The zero-order valence-corrected chi connectivity index (χ0v) is 18.2. The van der Waals surface area contributed by atoms with Crippen LogP contribution >= 0.6 is 0 Å². The number of aromatic hydroxyl groups is 2. The molecule has 0 aliphatic heterocycles. The van der Waals surface area contributed by atoms with Gasteiger partial charge in [-0.2, -0.15) is 0 Å². The maximum absolute atomic E-state index is 11.9. The Kier molecular flexibility index (Phi) is 11.9. The molecule has 5 N–H and O–H groups in total. The molecule has 1 aliphatic carbocycles. The van der Waals surface area contributed by atoms with Gasteiger partial charge < -0.3 is 30.3 Å². The number of hydrogen-bond donors (Lipinski definition) is 5. The highest BCUT2D eigenvalue weighted by molar-refractivity contribution is 5.88. The van der Waals surface area contributed by atoms with Gasteiger partial charge in [-0.15, -0.1) is 0 Å². The Bertz CT molecular complexity index is 715. The van der Waals surface area contributed by atoms with E-state index in [0.717, 1.165) is 13.0 Å². The van der Waals surface area contributed by atoms with E-state index >= 15 is 0 Å². The molecule has 1 saturated carbocycles. The fourth-order valence-corrected chi connectivity index (χ4v) is 2.65. The fraction of sp³-hybridized carbons (Fsp3) is 0.545. The highest BCUT2D eigenvalue weighted by Gasteiger charge is 2.48. The van der Waals surface area contributed by atoms with Gasteiger partial charge in [0, 0.05) is 18.9 Å². The zero-order chi connectivity index (χ0) is 23.5. The summed E-state index contributed by atoms with van der Waals surface area (Å²) in [4.78, 5) is 23.4. The van der Waals surface area contributed by atoms with Crippen LogP contribution in [0.4, 0.5) is 0 Å². The normalized spacial score (nSPS) is 25.4. The smallest absolute Gasteiger partial charge is 0.331 e. The Balaban J connectivity index is 0.00000154. The summed E-state index contributed by atoms with van der Waals surface area (Å²) in [5.74, 6) is -2.11. The van der Waals surface area contributed by atoms with Crippen molar-refractivity contribution in [2.45, 2.75) is 77.8 Å². The van der Waals surface area contributed by atoms with Crippen molar-refractivity contribution in [2.24, 2.45) is 0 Å². The van der Waals surface area contributed by atoms with Gasteiger partial charge in [-0.05, 0) is 30.7 Å². The van der Waals surface area contributed by atoms with E-state index < -0.39 is 35.7 Å². The van der Waals surface area contributed by atoms with Crippen LogP contribution in [-0.2, 0) is 14.3 Å². The largest absolute Gasteiger partial charge is 0.504 e. The van der Waals surface area contributed by atoms with Gasteiger partial charge in [0.15, 0.2) is 17.3 Å². The average Bonchev–Trinajstić information content (AvgIpc) is 2.69. The number of benzene rings is 1. The van der Waals surface area contributed by atoms with E-state index in [9.17, 15) is 35.1 Å². The lowest BCUT2D eigenvalue weighted by Gasteiger charge is -2.40. The van der Waals surface area contributed by atoms with E-state index in [4.69, 9.17) is 4.74 Å². The summed E-state index contributed by atoms with van der Waals surface area (Å²) in [6.07, 6.45) is -1.15. The molecule has 1 aromatic carbocycles. The maximum Gasteiger partial charge on any atom is 0.331 e. The first-order valence-electron chi connectivity index (χ1n) is 10.0. The Hall–Kier alpha value is -2.42. The van der Waals surface area contributed by atoms with Gasteiger partial charge in [0.2, 0.25) is 0 Å².